The first-order valence-electron chi connectivity index (χ1n) is 9.90. The molecule has 4 rings (SSSR count). The summed E-state index contributed by atoms with van der Waals surface area (Å²) in [6.45, 7) is 1.92. The Balaban J connectivity index is 1.28. The molecule has 1 N–H and O–H groups in total. The van der Waals surface area contributed by atoms with Crippen LogP contribution in [-0.2, 0) is 10.5 Å². The largest absolute Gasteiger partial charge is 0.326 e. The van der Waals surface area contributed by atoms with Crippen LogP contribution >= 0.6 is 11.8 Å². The highest BCUT2D eigenvalue weighted by Crippen LogP contribution is 2.25. The maximum absolute atomic E-state index is 12.5. The molecule has 0 unspecified atom stereocenters. The summed E-state index contributed by atoms with van der Waals surface area (Å²) in [4.78, 5) is 43.6. The standard InChI is InChI=1S/C24H21N3O3S/c1-16-4-9-20-21(13-16)24(30)27(23(20)29)12-10-22(28)26-18-5-7-19(8-6-18)31-15-17-3-2-11-25-14-17/h2-9,11,13-14H,10,12,15H2,1H3,(H,26,28). The van der Waals surface area contributed by atoms with Gasteiger partial charge in [0.1, 0.15) is 0 Å². The predicted octanol–water partition coefficient (Wildman–Crippen LogP) is 4.31. The highest BCUT2D eigenvalue weighted by molar-refractivity contribution is 7.98. The van der Waals surface area contributed by atoms with E-state index in [9.17, 15) is 14.4 Å². The van der Waals surface area contributed by atoms with Gasteiger partial charge in [-0.1, -0.05) is 17.7 Å². The summed E-state index contributed by atoms with van der Waals surface area (Å²) in [5.41, 5.74) is 3.55. The van der Waals surface area contributed by atoms with Gasteiger partial charge in [-0.25, -0.2) is 0 Å². The summed E-state index contributed by atoms with van der Waals surface area (Å²) < 4.78 is 0. The van der Waals surface area contributed by atoms with Gasteiger partial charge in [0.15, 0.2) is 0 Å². The Labute approximate surface area is 184 Å². The van der Waals surface area contributed by atoms with Crippen molar-refractivity contribution in [2.45, 2.75) is 24.0 Å². The number of hydrogen-bond acceptors (Lipinski definition) is 5. The van der Waals surface area contributed by atoms with Gasteiger partial charge in [0.05, 0.1) is 11.1 Å². The van der Waals surface area contributed by atoms with E-state index in [2.05, 4.69) is 10.3 Å². The van der Waals surface area contributed by atoms with Crippen molar-refractivity contribution in [2.24, 2.45) is 0 Å². The average Bonchev–Trinajstić information content (AvgIpc) is 3.01. The summed E-state index contributed by atoms with van der Waals surface area (Å²) in [5, 5.41) is 2.82. The number of carbonyl (C=O) groups is 3. The van der Waals surface area contributed by atoms with Crippen molar-refractivity contribution < 1.29 is 14.4 Å². The third-order valence-electron chi connectivity index (χ3n) is 4.96. The van der Waals surface area contributed by atoms with E-state index in [1.54, 1.807) is 36.2 Å². The number of aryl methyl sites for hydroxylation is 1. The van der Waals surface area contributed by atoms with Crippen LogP contribution in [0.2, 0.25) is 0 Å². The smallest absolute Gasteiger partial charge is 0.261 e. The maximum Gasteiger partial charge on any atom is 0.261 e. The Kier molecular flexibility index (Phi) is 6.13. The average molecular weight is 432 g/mol. The van der Waals surface area contributed by atoms with E-state index < -0.39 is 0 Å². The molecule has 3 aromatic rings. The van der Waals surface area contributed by atoms with Crippen LogP contribution in [0.5, 0.6) is 0 Å². The molecule has 0 radical (unpaired) electrons. The van der Waals surface area contributed by atoms with E-state index >= 15 is 0 Å². The molecule has 7 heteroatoms. The summed E-state index contributed by atoms with van der Waals surface area (Å²) in [7, 11) is 0. The fraction of sp³-hybridized carbons (Fsp3) is 0.167. The highest BCUT2D eigenvalue weighted by atomic mass is 32.2. The minimum Gasteiger partial charge on any atom is -0.326 e. The molecule has 0 saturated carbocycles. The summed E-state index contributed by atoms with van der Waals surface area (Å²) >= 11 is 1.69. The number of benzene rings is 2. The first kappa shape index (κ1) is 20.8. The lowest BCUT2D eigenvalue weighted by molar-refractivity contribution is -0.116. The van der Waals surface area contributed by atoms with Crippen LogP contribution in [-0.4, -0.2) is 34.2 Å². The lowest BCUT2D eigenvalue weighted by Crippen LogP contribution is -2.32. The molecule has 2 heterocycles. The van der Waals surface area contributed by atoms with Gasteiger partial charge in [0, 0.05) is 41.7 Å². The maximum atomic E-state index is 12.5. The zero-order valence-corrected chi connectivity index (χ0v) is 17.8. The van der Waals surface area contributed by atoms with Crippen LogP contribution in [0.3, 0.4) is 0 Å². The van der Waals surface area contributed by atoms with Gasteiger partial charge < -0.3 is 5.32 Å². The normalized spacial score (nSPS) is 12.7. The first-order chi connectivity index (χ1) is 15.0. The van der Waals surface area contributed by atoms with Gasteiger partial charge in [-0.15, -0.1) is 11.8 Å². The number of aromatic nitrogens is 1. The third-order valence-corrected chi connectivity index (χ3v) is 6.04. The fourth-order valence-electron chi connectivity index (χ4n) is 3.33. The van der Waals surface area contributed by atoms with E-state index in [-0.39, 0.29) is 30.7 Å². The molecule has 0 aliphatic carbocycles. The van der Waals surface area contributed by atoms with Gasteiger partial charge in [-0.2, -0.15) is 0 Å². The molecule has 1 aromatic heterocycles. The van der Waals surface area contributed by atoms with Crippen molar-refractivity contribution in [1.82, 2.24) is 9.88 Å². The van der Waals surface area contributed by atoms with Crippen LogP contribution < -0.4 is 5.32 Å². The van der Waals surface area contributed by atoms with Crippen molar-refractivity contribution in [1.29, 1.82) is 0 Å². The molecule has 0 fully saturated rings. The van der Waals surface area contributed by atoms with Crippen LogP contribution in [0.15, 0.2) is 71.9 Å². The number of nitrogens with one attached hydrogen (secondary N) is 1. The first-order valence-corrected chi connectivity index (χ1v) is 10.9. The molecule has 156 valence electrons. The second kappa shape index (κ2) is 9.14. The van der Waals surface area contributed by atoms with Gasteiger partial charge in [-0.05, 0) is 55.0 Å². The number of anilines is 1. The van der Waals surface area contributed by atoms with E-state index in [1.807, 2.05) is 49.5 Å². The Morgan fingerprint density at radius 2 is 1.81 bits per heavy atom. The molecular weight excluding hydrogens is 410 g/mol. The molecule has 0 saturated heterocycles. The molecule has 1 aliphatic rings. The third kappa shape index (κ3) is 4.83. The zero-order chi connectivity index (χ0) is 21.8. The zero-order valence-electron chi connectivity index (χ0n) is 17.0. The quantitative estimate of drug-likeness (QED) is 0.446. The number of nitrogens with zero attached hydrogens (tertiary/aromatic N) is 2. The predicted molar refractivity (Wildman–Crippen MR) is 120 cm³/mol. The van der Waals surface area contributed by atoms with E-state index in [0.29, 0.717) is 16.8 Å². The molecule has 6 nitrogen and oxygen atoms in total. The number of amides is 3. The van der Waals surface area contributed by atoms with Crippen LogP contribution in [0.25, 0.3) is 0 Å². The second-order valence-corrected chi connectivity index (χ2v) is 8.33. The Morgan fingerprint density at radius 3 is 2.55 bits per heavy atom. The van der Waals surface area contributed by atoms with Gasteiger partial charge in [0.2, 0.25) is 5.91 Å². The fourth-order valence-corrected chi connectivity index (χ4v) is 4.16. The lowest BCUT2D eigenvalue weighted by atomic mass is 10.1. The number of rotatable bonds is 7. The van der Waals surface area contributed by atoms with Gasteiger partial charge >= 0.3 is 0 Å². The highest BCUT2D eigenvalue weighted by Gasteiger charge is 2.35. The number of thioether (sulfide) groups is 1. The molecule has 0 bridgehead atoms. The van der Waals surface area contributed by atoms with Crippen LogP contribution in [0.4, 0.5) is 5.69 Å². The van der Waals surface area contributed by atoms with Crippen molar-refractivity contribution in [3.63, 3.8) is 0 Å². The van der Waals surface area contributed by atoms with E-state index in [1.165, 1.54) is 0 Å². The molecule has 0 atom stereocenters. The minimum absolute atomic E-state index is 0.0436. The molecular formula is C24H21N3O3S. The molecule has 1 aliphatic heterocycles. The molecule has 3 amide bonds. The van der Waals surface area contributed by atoms with E-state index in [0.717, 1.165) is 26.7 Å². The number of fused-ring (bicyclic) bond motifs is 1. The Hall–Kier alpha value is -3.45. The number of hydrogen-bond donors (Lipinski definition) is 1. The van der Waals surface area contributed by atoms with Crippen molar-refractivity contribution in [2.75, 3.05) is 11.9 Å². The Morgan fingerprint density at radius 1 is 1.03 bits per heavy atom. The molecule has 0 spiro atoms. The van der Waals surface area contributed by atoms with E-state index in [4.69, 9.17) is 0 Å². The SMILES string of the molecule is Cc1ccc2c(c1)C(=O)N(CCC(=O)Nc1ccc(SCc3cccnc3)cc1)C2=O. The summed E-state index contributed by atoms with van der Waals surface area (Å²) in [6.07, 6.45) is 3.64. The second-order valence-electron chi connectivity index (χ2n) is 7.28. The van der Waals surface area contributed by atoms with Gasteiger partial charge in [-0.3, -0.25) is 24.3 Å². The molecule has 2 aromatic carbocycles. The topological polar surface area (TPSA) is 79.4 Å². The van der Waals surface area contributed by atoms with Crippen LogP contribution in [0, 0.1) is 6.92 Å². The number of carbonyl (C=O) groups excluding carboxylic acids is 3. The number of imide groups is 1. The van der Waals surface area contributed by atoms with Crippen molar-refractivity contribution >= 4 is 35.2 Å². The van der Waals surface area contributed by atoms with Gasteiger partial charge in [0.25, 0.3) is 11.8 Å². The van der Waals surface area contributed by atoms with Crippen molar-refractivity contribution in [3.8, 4) is 0 Å². The minimum atomic E-state index is -0.345. The lowest BCUT2D eigenvalue weighted by Gasteiger charge is -2.13. The molecule has 31 heavy (non-hydrogen) atoms. The van der Waals surface area contributed by atoms with Crippen molar-refractivity contribution in [3.05, 3.63) is 89.2 Å². The Bertz CT molecular complexity index is 1130. The summed E-state index contributed by atoms with van der Waals surface area (Å²) in [5.74, 6) is -0.114. The monoisotopic (exact) mass is 431 g/mol. The number of pyridine rings is 1. The summed E-state index contributed by atoms with van der Waals surface area (Å²) in [6, 6.07) is 16.7. The van der Waals surface area contributed by atoms with Crippen LogP contribution in [0.1, 0.15) is 38.3 Å².